The molecule has 0 aliphatic heterocycles. The van der Waals surface area contributed by atoms with Gasteiger partial charge in [0.2, 0.25) is 11.8 Å². The van der Waals surface area contributed by atoms with Crippen molar-refractivity contribution in [2.75, 3.05) is 6.61 Å². The van der Waals surface area contributed by atoms with Crippen molar-refractivity contribution in [3.05, 3.63) is 29.9 Å². The molecule has 0 fully saturated rings. The minimum atomic E-state index is -1.74. The van der Waals surface area contributed by atoms with Gasteiger partial charge in [-0.15, -0.1) is 5.10 Å². The molecule has 0 unspecified atom stereocenters. The van der Waals surface area contributed by atoms with Crippen molar-refractivity contribution < 1.29 is 57.2 Å². The monoisotopic (exact) mass is 656 g/mol. The van der Waals surface area contributed by atoms with Crippen LogP contribution in [-0.4, -0.2) is 98.2 Å². The minimum absolute atomic E-state index is 0.0732. The summed E-state index contributed by atoms with van der Waals surface area (Å²) in [6, 6.07) is 6.82. The molecular formula is C29H32N6O12. The molecule has 2 heterocycles. The second kappa shape index (κ2) is 15.5. The van der Waals surface area contributed by atoms with E-state index in [1.807, 2.05) is 0 Å². The van der Waals surface area contributed by atoms with Gasteiger partial charge in [-0.1, -0.05) is 18.2 Å². The number of hydrogen-bond acceptors (Lipinski definition) is 16. The predicted molar refractivity (Wildman–Crippen MR) is 159 cm³/mol. The van der Waals surface area contributed by atoms with E-state index >= 15 is 0 Å². The van der Waals surface area contributed by atoms with Crippen LogP contribution in [0.3, 0.4) is 0 Å². The fraction of sp³-hybridized carbons (Fsp3) is 0.414. The zero-order valence-electron chi connectivity index (χ0n) is 26.5. The van der Waals surface area contributed by atoms with Crippen LogP contribution in [-0.2, 0) is 47.7 Å². The van der Waals surface area contributed by atoms with E-state index in [2.05, 4.69) is 20.3 Å². The summed E-state index contributed by atoms with van der Waals surface area (Å²) in [4.78, 5) is 89.3. The molecule has 250 valence electrons. The highest BCUT2D eigenvalue weighted by atomic mass is 16.6. The van der Waals surface area contributed by atoms with Gasteiger partial charge in [-0.2, -0.15) is 19.9 Å². The number of carbonyl (C=O) groups excluding carboxylic acids is 7. The van der Waals surface area contributed by atoms with E-state index in [1.54, 1.807) is 24.3 Å². The van der Waals surface area contributed by atoms with Crippen LogP contribution in [0.25, 0.3) is 22.1 Å². The lowest BCUT2D eigenvalue weighted by molar-refractivity contribution is -0.197. The summed E-state index contributed by atoms with van der Waals surface area (Å²) in [6.07, 6.45) is -5.80. The Morgan fingerprint density at radius 2 is 1.36 bits per heavy atom. The standard InChI is InChI=1S/C29H32N6O12/c1-14(36)34-22-11-9-8-10-21(22)25-28(34)31-29(35(33-25)15(2)37)32-30-12-23(44-17(4)39)26(46-19(6)41)27(47-20(7)42)24(45-18(5)40)13-43-16(3)38/h8-12,23-24,26-27H,13H2,1-7H3/b30-12+,32-29+/t23-,24+,26+,27-/m0/s1. The van der Waals surface area contributed by atoms with Crippen molar-refractivity contribution >= 4 is 69.9 Å². The predicted octanol–water partition coefficient (Wildman–Crippen LogP) is 0.883. The zero-order chi connectivity index (χ0) is 35.0. The van der Waals surface area contributed by atoms with Crippen molar-refractivity contribution in [2.24, 2.45) is 10.2 Å². The third-order valence-electron chi connectivity index (χ3n) is 6.08. The van der Waals surface area contributed by atoms with Gasteiger partial charge in [0.1, 0.15) is 12.1 Å². The molecule has 47 heavy (non-hydrogen) atoms. The fourth-order valence-corrected chi connectivity index (χ4v) is 4.48. The van der Waals surface area contributed by atoms with Crippen LogP contribution in [0, 0.1) is 0 Å². The number of benzene rings is 1. The second-order valence-electron chi connectivity index (χ2n) is 9.92. The van der Waals surface area contributed by atoms with Gasteiger partial charge in [0.25, 0.3) is 5.62 Å². The summed E-state index contributed by atoms with van der Waals surface area (Å²) in [6.45, 7) is 7.01. The molecule has 18 nitrogen and oxygen atoms in total. The number of carbonyl (C=O) groups is 7. The molecule has 0 N–H and O–H groups in total. The van der Waals surface area contributed by atoms with Gasteiger partial charge in [0.15, 0.2) is 30.1 Å². The SMILES string of the molecule is CC(=O)OC[C@@H](OC(C)=O)[C@H](OC(C)=O)[C@H](OC(C)=O)[C@H](/C=N/N=c1\nc2c(nn1C(C)=O)c1ccccc1n2C(C)=O)OC(C)=O. The van der Waals surface area contributed by atoms with Crippen molar-refractivity contribution in [3.63, 3.8) is 0 Å². The van der Waals surface area contributed by atoms with Gasteiger partial charge in [-0.25, -0.2) is 0 Å². The summed E-state index contributed by atoms with van der Waals surface area (Å²) in [5.41, 5.74) is 0.401. The average molecular weight is 657 g/mol. The summed E-state index contributed by atoms with van der Waals surface area (Å²) in [5.74, 6) is -5.44. The Hall–Kier alpha value is -5.81. The number of esters is 5. The maximum Gasteiger partial charge on any atom is 0.303 e. The van der Waals surface area contributed by atoms with Gasteiger partial charge in [0.05, 0.1) is 11.7 Å². The van der Waals surface area contributed by atoms with Crippen molar-refractivity contribution in [2.45, 2.75) is 72.9 Å². The number of rotatable bonds is 11. The number of ether oxygens (including phenoxy) is 5. The molecule has 0 spiro atoms. The normalized spacial score (nSPS) is 14.2. The molecule has 18 heteroatoms. The first-order valence-electron chi connectivity index (χ1n) is 13.9. The van der Waals surface area contributed by atoms with Gasteiger partial charge >= 0.3 is 29.8 Å². The first-order chi connectivity index (χ1) is 22.1. The number of para-hydroxylation sites is 1. The molecule has 0 radical (unpaired) electrons. The van der Waals surface area contributed by atoms with Crippen LogP contribution in [0.2, 0.25) is 0 Å². The van der Waals surface area contributed by atoms with Gasteiger partial charge in [0, 0.05) is 53.9 Å². The molecule has 3 aromatic rings. The van der Waals surface area contributed by atoms with Crippen molar-refractivity contribution in [1.82, 2.24) is 19.3 Å². The summed E-state index contributed by atoms with van der Waals surface area (Å²) >= 11 is 0. The van der Waals surface area contributed by atoms with E-state index in [4.69, 9.17) is 23.7 Å². The molecule has 4 atom stereocenters. The maximum atomic E-state index is 12.6. The summed E-state index contributed by atoms with van der Waals surface area (Å²) < 4.78 is 28.3. The third-order valence-corrected chi connectivity index (χ3v) is 6.08. The molecule has 0 aliphatic rings. The smallest absolute Gasteiger partial charge is 0.303 e. The van der Waals surface area contributed by atoms with Crippen molar-refractivity contribution in [3.8, 4) is 0 Å². The van der Waals surface area contributed by atoms with Gasteiger partial charge in [-0.05, 0) is 6.07 Å². The Morgan fingerprint density at radius 1 is 0.766 bits per heavy atom. The largest absolute Gasteiger partial charge is 0.462 e. The van der Waals surface area contributed by atoms with E-state index in [1.165, 1.54) is 18.4 Å². The quantitative estimate of drug-likeness (QED) is 0.121. The van der Waals surface area contributed by atoms with E-state index in [0.29, 0.717) is 10.9 Å². The average Bonchev–Trinajstić information content (AvgIpc) is 3.29. The Morgan fingerprint density at radius 3 is 1.91 bits per heavy atom. The van der Waals surface area contributed by atoms with Crippen LogP contribution >= 0.6 is 0 Å². The molecule has 0 saturated carbocycles. The summed E-state index contributed by atoms with van der Waals surface area (Å²) in [5, 5.41) is 12.7. The van der Waals surface area contributed by atoms with Crippen LogP contribution in [0.15, 0.2) is 34.5 Å². The number of nitrogens with zero attached hydrogens (tertiary/aromatic N) is 6. The van der Waals surface area contributed by atoms with E-state index < -0.39 is 72.7 Å². The second-order valence-corrected chi connectivity index (χ2v) is 9.92. The molecular weight excluding hydrogens is 624 g/mol. The molecule has 3 rings (SSSR count). The molecule has 1 aromatic carbocycles. The molecule has 2 aromatic heterocycles. The Bertz CT molecular complexity index is 1840. The van der Waals surface area contributed by atoms with Crippen molar-refractivity contribution in [1.29, 1.82) is 0 Å². The number of hydrogen-bond donors (Lipinski definition) is 0. The van der Waals surface area contributed by atoms with Gasteiger partial charge in [-0.3, -0.25) is 38.1 Å². The highest BCUT2D eigenvalue weighted by Gasteiger charge is 2.43. The van der Waals surface area contributed by atoms with Crippen LogP contribution in [0.1, 0.15) is 58.1 Å². The summed E-state index contributed by atoms with van der Waals surface area (Å²) in [7, 11) is 0. The van der Waals surface area contributed by atoms with Crippen LogP contribution < -0.4 is 5.62 Å². The van der Waals surface area contributed by atoms with E-state index in [9.17, 15) is 33.6 Å². The lowest BCUT2D eigenvalue weighted by Gasteiger charge is -2.34. The van der Waals surface area contributed by atoms with Gasteiger partial charge < -0.3 is 23.7 Å². The zero-order valence-corrected chi connectivity index (χ0v) is 26.5. The first-order valence-corrected chi connectivity index (χ1v) is 13.9. The highest BCUT2D eigenvalue weighted by Crippen LogP contribution is 2.25. The Labute approximate surface area is 266 Å². The van der Waals surface area contributed by atoms with Crippen LogP contribution in [0.4, 0.5) is 0 Å². The fourth-order valence-electron chi connectivity index (χ4n) is 4.48. The minimum Gasteiger partial charge on any atom is -0.462 e. The highest BCUT2D eigenvalue weighted by molar-refractivity contribution is 6.09. The molecule has 0 aliphatic carbocycles. The van der Waals surface area contributed by atoms with E-state index in [-0.39, 0.29) is 16.8 Å². The number of fused-ring (bicyclic) bond motifs is 3. The van der Waals surface area contributed by atoms with E-state index in [0.717, 1.165) is 45.5 Å². The van der Waals surface area contributed by atoms with Crippen LogP contribution in [0.5, 0.6) is 0 Å². The Kier molecular flexibility index (Phi) is 11.7. The topological polar surface area (TPSA) is 226 Å². The Balaban J connectivity index is 2.22. The molecule has 0 saturated heterocycles. The molecule has 0 amide bonds. The third kappa shape index (κ3) is 9.12. The lowest BCUT2D eigenvalue weighted by atomic mass is 10.0. The lowest BCUT2D eigenvalue weighted by Crippen LogP contribution is -2.53. The maximum absolute atomic E-state index is 12.6. The first kappa shape index (κ1) is 35.7. The molecule has 0 bridgehead atoms. The number of aromatic nitrogens is 4.